The van der Waals surface area contributed by atoms with Crippen LogP contribution in [0, 0.1) is 0 Å². The molecule has 126 valence electrons. The number of hydrogen-bond acceptors (Lipinski definition) is 5. The molecule has 0 atom stereocenters. The number of hydrogen-bond donors (Lipinski definition) is 1. The molecule has 0 aliphatic carbocycles. The molecule has 0 amide bonds. The lowest BCUT2D eigenvalue weighted by atomic mass is 10.1. The number of halogens is 1. The van der Waals surface area contributed by atoms with E-state index < -0.39 is 0 Å². The molecule has 6 nitrogen and oxygen atoms in total. The second-order valence-corrected chi connectivity index (χ2v) is 7.06. The fourth-order valence-electron chi connectivity index (χ4n) is 2.69. The summed E-state index contributed by atoms with van der Waals surface area (Å²) >= 11 is 7.42. The number of benzene rings is 2. The van der Waals surface area contributed by atoms with Gasteiger partial charge in [0.25, 0.3) is 0 Å². The van der Waals surface area contributed by atoms with Crippen LogP contribution in [0.25, 0.3) is 38.3 Å². The molecule has 0 aliphatic heterocycles. The zero-order valence-corrected chi connectivity index (χ0v) is 14.9. The molecule has 3 heterocycles. The topological polar surface area (TPSA) is 71.8 Å². The molecular formula is C18H11ClN6S. The summed E-state index contributed by atoms with van der Waals surface area (Å²) in [5.41, 5.74) is 3.69. The zero-order valence-electron chi connectivity index (χ0n) is 13.3. The van der Waals surface area contributed by atoms with E-state index in [0.29, 0.717) is 10.8 Å². The molecule has 3 aromatic heterocycles. The molecule has 0 aliphatic rings. The fourth-order valence-corrected chi connectivity index (χ4v) is 3.62. The number of nitrogens with one attached hydrogen (secondary N) is 1. The minimum absolute atomic E-state index is 0.680. The number of aromatic amines is 1. The summed E-state index contributed by atoms with van der Waals surface area (Å²) in [7, 11) is 0. The highest BCUT2D eigenvalue weighted by atomic mass is 35.5. The molecule has 0 radical (unpaired) electrons. The Labute approximate surface area is 157 Å². The van der Waals surface area contributed by atoms with Gasteiger partial charge in [0, 0.05) is 16.1 Å². The van der Waals surface area contributed by atoms with Crippen molar-refractivity contribution in [1.82, 2.24) is 30.0 Å². The first-order valence-electron chi connectivity index (χ1n) is 7.87. The van der Waals surface area contributed by atoms with Crippen molar-refractivity contribution in [3.63, 3.8) is 0 Å². The lowest BCUT2D eigenvalue weighted by molar-refractivity contribution is 0.964. The third-order valence-electron chi connectivity index (χ3n) is 3.97. The summed E-state index contributed by atoms with van der Waals surface area (Å²) < 4.78 is 1.74. The van der Waals surface area contributed by atoms with Crippen LogP contribution in [0.5, 0.6) is 0 Å². The first kappa shape index (κ1) is 15.2. The average molecular weight is 379 g/mol. The molecule has 5 rings (SSSR count). The predicted molar refractivity (Wildman–Crippen MR) is 102 cm³/mol. The van der Waals surface area contributed by atoms with Crippen LogP contribution in [-0.2, 0) is 0 Å². The van der Waals surface area contributed by atoms with E-state index in [-0.39, 0.29) is 0 Å². The Kier molecular flexibility index (Phi) is 3.55. The summed E-state index contributed by atoms with van der Waals surface area (Å²) in [4.78, 5) is 0.723. The highest BCUT2D eigenvalue weighted by Gasteiger charge is 2.16. The van der Waals surface area contributed by atoms with Gasteiger partial charge in [-0.1, -0.05) is 53.3 Å². The first-order chi connectivity index (χ1) is 12.8. The quantitative estimate of drug-likeness (QED) is 0.499. The summed E-state index contributed by atoms with van der Waals surface area (Å²) in [5.74, 6) is 0.682. The monoisotopic (exact) mass is 378 g/mol. The van der Waals surface area contributed by atoms with Crippen LogP contribution in [0.4, 0.5) is 0 Å². The third-order valence-corrected chi connectivity index (χ3v) is 5.16. The van der Waals surface area contributed by atoms with Gasteiger partial charge in [-0.15, -0.1) is 10.2 Å². The van der Waals surface area contributed by atoms with Crippen LogP contribution in [0.1, 0.15) is 0 Å². The van der Waals surface area contributed by atoms with Crippen molar-refractivity contribution in [2.75, 3.05) is 0 Å². The van der Waals surface area contributed by atoms with Crippen molar-refractivity contribution >= 4 is 27.9 Å². The standard InChI is InChI=1S/C18H11ClN6S/c19-13-8-6-12(7-9-13)16-22-23-18-25(16)24-17(26-18)15-10-14(20-21-15)11-4-2-1-3-5-11/h1-10H,(H,20,21). The Morgan fingerprint density at radius 1 is 0.923 bits per heavy atom. The van der Waals surface area contributed by atoms with Crippen LogP contribution >= 0.6 is 22.9 Å². The molecule has 5 aromatic rings. The van der Waals surface area contributed by atoms with Gasteiger partial charge < -0.3 is 0 Å². The van der Waals surface area contributed by atoms with E-state index in [1.165, 1.54) is 11.3 Å². The lowest BCUT2D eigenvalue weighted by Crippen LogP contribution is -1.90. The second kappa shape index (κ2) is 6.05. The van der Waals surface area contributed by atoms with Gasteiger partial charge in [0.2, 0.25) is 4.96 Å². The van der Waals surface area contributed by atoms with E-state index in [4.69, 9.17) is 11.6 Å². The van der Waals surface area contributed by atoms with Gasteiger partial charge in [-0.3, -0.25) is 5.10 Å². The molecule has 0 fully saturated rings. The Bertz CT molecular complexity index is 1190. The van der Waals surface area contributed by atoms with E-state index in [1.54, 1.807) is 4.52 Å². The van der Waals surface area contributed by atoms with Gasteiger partial charge in [0.1, 0.15) is 0 Å². The molecule has 26 heavy (non-hydrogen) atoms. The SMILES string of the molecule is Clc1ccc(-c2nnc3sc(-c4cc(-c5ccccc5)n[nH]4)nn23)cc1. The second-order valence-electron chi connectivity index (χ2n) is 5.66. The van der Waals surface area contributed by atoms with Crippen LogP contribution in [0.2, 0.25) is 5.02 Å². The van der Waals surface area contributed by atoms with Crippen LogP contribution in [-0.4, -0.2) is 30.0 Å². The highest BCUT2D eigenvalue weighted by molar-refractivity contribution is 7.19. The van der Waals surface area contributed by atoms with Crippen molar-refractivity contribution in [2.45, 2.75) is 0 Å². The van der Waals surface area contributed by atoms with E-state index in [2.05, 4.69) is 25.5 Å². The summed E-state index contributed by atoms with van der Waals surface area (Å²) in [6.07, 6.45) is 0. The number of H-pyrrole nitrogens is 1. The number of nitrogens with zero attached hydrogens (tertiary/aromatic N) is 5. The van der Waals surface area contributed by atoms with Gasteiger partial charge in [0.05, 0.1) is 11.4 Å². The predicted octanol–water partition coefficient (Wildman–Crippen LogP) is 4.56. The van der Waals surface area contributed by atoms with E-state index in [1.807, 2.05) is 60.7 Å². The Morgan fingerprint density at radius 2 is 1.73 bits per heavy atom. The number of rotatable bonds is 3. The van der Waals surface area contributed by atoms with E-state index >= 15 is 0 Å². The van der Waals surface area contributed by atoms with Crippen molar-refractivity contribution in [3.05, 3.63) is 65.7 Å². The van der Waals surface area contributed by atoms with Crippen molar-refractivity contribution < 1.29 is 0 Å². The molecular weight excluding hydrogens is 368 g/mol. The molecule has 8 heteroatoms. The van der Waals surface area contributed by atoms with Gasteiger partial charge in [-0.2, -0.15) is 14.7 Å². The van der Waals surface area contributed by atoms with Crippen molar-refractivity contribution in [1.29, 1.82) is 0 Å². The molecule has 1 N–H and O–H groups in total. The van der Waals surface area contributed by atoms with Gasteiger partial charge in [0.15, 0.2) is 10.8 Å². The summed E-state index contributed by atoms with van der Waals surface area (Å²) in [5, 5.41) is 22.1. The fraction of sp³-hybridized carbons (Fsp3) is 0. The van der Waals surface area contributed by atoms with Crippen LogP contribution in [0.15, 0.2) is 60.7 Å². The van der Waals surface area contributed by atoms with E-state index in [0.717, 1.165) is 32.5 Å². The Balaban J connectivity index is 1.55. The summed E-state index contributed by atoms with van der Waals surface area (Å²) in [6, 6.07) is 19.5. The molecule has 0 unspecified atom stereocenters. The molecule has 0 saturated heterocycles. The minimum Gasteiger partial charge on any atom is -0.275 e. The van der Waals surface area contributed by atoms with Crippen LogP contribution < -0.4 is 0 Å². The Hall–Kier alpha value is -3.03. The maximum absolute atomic E-state index is 5.96. The summed E-state index contributed by atoms with van der Waals surface area (Å²) in [6.45, 7) is 0. The highest BCUT2D eigenvalue weighted by Crippen LogP contribution is 2.29. The molecule has 0 saturated carbocycles. The lowest BCUT2D eigenvalue weighted by Gasteiger charge is -1.96. The number of aromatic nitrogens is 6. The van der Waals surface area contributed by atoms with Gasteiger partial charge in [-0.05, 0) is 30.3 Å². The smallest absolute Gasteiger partial charge is 0.235 e. The molecule has 2 aromatic carbocycles. The maximum atomic E-state index is 5.96. The average Bonchev–Trinajstić information content (AvgIpc) is 3.38. The molecule has 0 bridgehead atoms. The van der Waals surface area contributed by atoms with Gasteiger partial charge in [-0.25, -0.2) is 0 Å². The van der Waals surface area contributed by atoms with Crippen molar-refractivity contribution in [3.8, 4) is 33.3 Å². The maximum Gasteiger partial charge on any atom is 0.235 e. The zero-order chi connectivity index (χ0) is 17.5. The van der Waals surface area contributed by atoms with E-state index in [9.17, 15) is 0 Å². The minimum atomic E-state index is 0.680. The Morgan fingerprint density at radius 3 is 2.54 bits per heavy atom. The van der Waals surface area contributed by atoms with Gasteiger partial charge >= 0.3 is 0 Å². The number of fused-ring (bicyclic) bond motifs is 1. The third kappa shape index (κ3) is 2.58. The largest absolute Gasteiger partial charge is 0.275 e. The molecule has 0 spiro atoms. The van der Waals surface area contributed by atoms with Crippen LogP contribution in [0.3, 0.4) is 0 Å². The first-order valence-corrected chi connectivity index (χ1v) is 9.07. The normalized spacial score (nSPS) is 11.3. The van der Waals surface area contributed by atoms with Crippen molar-refractivity contribution in [2.24, 2.45) is 0 Å².